The van der Waals surface area contributed by atoms with Gasteiger partial charge in [0, 0.05) is 50.2 Å². The van der Waals surface area contributed by atoms with Crippen LogP contribution in [0.15, 0.2) is 31.0 Å². The lowest BCUT2D eigenvalue weighted by molar-refractivity contribution is 0.0644. The molecule has 0 unspecified atom stereocenters. The van der Waals surface area contributed by atoms with Gasteiger partial charge in [-0.2, -0.15) is 11.8 Å². The van der Waals surface area contributed by atoms with Crippen LogP contribution >= 0.6 is 11.8 Å². The Bertz CT molecular complexity index is 639. The van der Waals surface area contributed by atoms with Gasteiger partial charge in [0.2, 0.25) is 0 Å². The number of carbonyl (C=O) groups excluding carboxylic acids is 1. The average Bonchev–Trinajstić information content (AvgIpc) is 3.14. The standard InChI is InChI=1S/C15H20N6OS/c1-23-9-8-19-4-6-20(7-5-19)15(22)13-2-3-16-14(10-13)21-11-17-18-12-21/h2-3,10-12H,4-9H2,1H3. The molecule has 0 saturated carbocycles. The van der Waals surface area contributed by atoms with Gasteiger partial charge in [0.15, 0.2) is 0 Å². The number of piperazine rings is 1. The lowest BCUT2D eigenvalue weighted by Gasteiger charge is -2.34. The van der Waals surface area contributed by atoms with Gasteiger partial charge in [0.25, 0.3) is 5.91 Å². The minimum atomic E-state index is 0.0613. The van der Waals surface area contributed by atoms with E-state index >= 15 is 0 Å². The zero-order valence-corrected chi connectivity index (χ0v) is 13.9. The lowest BCUT2D eigenvalue weighted by Crippen LogP contribution is -2.49. The second-order valence-corrected chi connectivity index (χ2v) is 6.38. The van der Waals surface area contributed by atoms with Gasteiger partial charge in [0.1, 0.15) is 18.5 Å². The van der Waals surface area contributed by atoms with Crippen molar-refractivity contribution < 1.29 is 4.79 Å². The van der Waals surface area contributed by atoms with Crippen LogP contribution in [0.5, 0.6) is 0 Å². The first-order valence-corrected chi connectivity index (χ1v) is 8.99. The third kappa shape index (κ3) is 3.89. The molecular formula is C15H20N6OS. The summed E-state index contributed by atoms with van der Waals surface area (Å²) in [6, 6.07) is 3.54. The highest BCUT2D eigenvalue weighted by Gasteiger charge is 2.22. The SMILES string of the molecule is CSCCN1CCN(C(=O)c2ccnc(-n3cnnc3)c2)CC1. The molecule has 1 aliphatic rings. The summed E-state index contributed by atoms with van der Waals surface area (Å²) in [5.41, 5.74) is 0.654. The normalized spacial score (nSPS) is 15.8. The van der Waals surface area contributed by atoms with Crippen LogP contribution in [0.3, 0.4) is 0 Å². The van der Waals surface area contributed by atoms with Crippen LogP contribution < -0.4 is 0 Å². The number of hydrogen-bond acceptors (Lipinski definition) is 6. The minimum Gasteiger partial charge on any atom is -0.336 e. The quantitative estimate of drug-likeness (QED) is 0.806. The maximum absolute atomic E-state index is 12.7. The summed E-state index contributed by atoms with van der Waals surface area (Å²) < 4.78 is 1.69. The first-order chi connectivity index (χ1) is 11.3. The maximum Gasteiger partial charge on any atom is 0.254 e. The molecule has 0 spiro atoms. The highest BCUT2D eigenvalue weighted by Crippen LogP contribution is 2.12. The molecule has 0 aromatic carbocycles. The summed E-state index contributed by atoms with van der Waals surface area (Å²) in [4.78, 5) is 21.3. The van der Waals surface area contributed by atoms with E-state index in [1.807, 2.05) is 16.7 Å². The lowest BCUT2D eigenvalue weighted by atomic mass is 10.2. The smallest absolute Gasteiger partial charge is 0.254 e. The molecule has 23 heavy (non-hydrogen) atoms. The molecular weight excluding hydrogens is 312 g/mol. The van der Waals surface area contributed by atoms with E-state index in [1.165, 1.54) is 0 Å². The molecule has 1 amide bonds. The second-order valence-electron chi connectivity index (χ2n) is 5.40. The molecule has 122 valence electrons. The number of aromatic nitrogens is 4. The van der Waals surface area contributed by atoms with Crippen molar-refractivity contribution in [2.75, 3.05) is 44.7 Å². The van der Waals surface area contributed by atoms with Crippen molar-refractivity contribution >= 4 is 17.7 Å². The Hall–Kier alpha value is -1.93. The summed E-state index contributed by atoms with van der Waals surface area (Å²) in [5.74, 6) is 1.85. The Morgan fingerprint density at radius 2 is 1.96 bits per heavy atom. The molecule has 0 radical (unpaired) electrons. The van der Waals surface area contributed by atoms with Crippen LogP contribution in [0, 0.1) is 0 Å². The number of thioether (sulfide) groups is 1. The zero-order chi connectivity index (χ0) is 16.1. The van der Waals surface area contributed by atoms with Gasteiger partial charge < -0.3 is 4.90 Å². The van der Waals surface area contributed by atoms with E-state index in [-0.39, 0.29) is 5.91 Å². The number of amides is 1. The number of carbonyl (C=O) groups is 1. The molecule has 3 rings (SSSR count). The van der Waals surface area contributed by atoms with Crippen molar-refractivity contribution in [2.45, 2.75) is 0 Å². The molecule has 1 saturated heterocycles. The Kier molecular flexibility index (Phi) is 5.24. The summed E-state index contributed by atoms with van der Waals surface area (Å²) in [7, 11) is 0. The van der Waals surface area contributed by atoms with Crippen molar-refractivity contribution in [2.24, 2.45) is 0 Å². The Labute approximate surface area is 139 Å². The van der Waals surface area contributed by atoms with Gasteiger partial charge >= 0.3 is 0 Å². The Morgan fingerprint density at radius 3 is 2.65 bits per heavy atom. The van der Waals surface area contributed by atoms with Crippen molar-refractivity contribution in [1.29, 1.82) is 0 Å². The van der Waals surface area contributed by atoms with Gasteiger partial charge in [-0.15, -0.1) is 10.2 Å². The predicted molar refractivity (Wildman–Crippen MR) is 89.9 cm³/mol. The van der Waals surface area contributed by atoms with Crippen LogP contribution in [-0.2, 0) is 0 Å². The third-order valence-electron chi connectivity index (χ3n) is 3.95. The first kappa shape index (κ1) is 15.9. The molecule has 0 N–H and O–H groups in total. The number of hydrogen-bond donors (Lipinski definition) is 0. The highest BCUT2D eigenvalue weighted by molar-refractivity contribution is 7.98. The highest BCUT2D eigenvalue weighted by atomic mass is 32.2. The number of pyridine rings is 1. The van der Waals surface area contributed by atoms with Gasteiger partial charge in [0.05, 0.1) is 0 Å². The third-order valence-corrected chi connectivity index (χ3v) is 4.54. The van der Waals surface area contributed by atoms with Gasteiger partial charge in [-0.3, -0.25) is 14.3 Å². The monoisotopic (exact) mass is 332 g/mol. The van der Waals surface area contributed by atoms with Crippen LogP contribution in [0.1, 0.15) is 10.4 Å². The average molecular weight is 332 g/mol. The molecule has 1 aliphatic heterocycles. The molecule has 8 heteroatoms. The van der Waals surface area contributed by atoms with Crippen LogP contribution in [0.2, 0.25) is 0 Å². The molecule has 0 bridgehead atoms. The second kappa shape index (κ2) is 7.56. The fourth-order valence-electron chi connectivity index (χ4n) is 2.59. The fraction of sp³-hybridized carbons (Fsp3) is 0.467. The largest absolute Gasteiger partial charge is 0.336 e. The van der Waals surface area contributed by atoms with Gasteiger partial charge in [-0.05, 0) is 18.4 Å². The van der Waals surface area contributed by atoms with Crippen molar-refractivity contribution in [3.63, 3.8) is 0 Å². The van der Waals surface area contributed by atoms with Crippen LogP contribution in [0.4, 0.5) is 0 Å². The fourth-order valence-corrected chi connectivity index (χ4v) is 3.03. The van der Waals surface area contributed by atoms with E-state index in [0.717, 1.165) is 38.5 Å². The van der Waals surface area contributed by atoms with E-state index in [1.54, 1.807) is 35.6 Å². The molecule has 0 aliphatic carbocycles. The molecule has 0 atom stereocenters. The summed E-state index contributed by atoms with van der Waals surface area (Å²) in [5, 5.41) is 7.53. The van der Waals surface area contributed by atoms with E-state index in [0.29, 0.717) is 11.4 Å². The zero-order valence-electron chi connectivity index (χ0n) is 13.1. The predicted octanol–water partition coefficient (Wildman–Crippen LogP) is 0.783. The first-order valence-electron chi connectivity index (χ1n) is 7.59. The van der Waals surface area contributed by atoms with E-state index in [2.05, 4.69) is 26.3 Å². The van der Waals surface area contributed by atoms with Gasteiger partial charge in [-0.25, -0.2) is 4.98 Å². The summed E-state index contributed by atoms with van der Waals surface area (Å²) >= 11 is 1.86. The van der Waals surface area contributed by atoms with Crippen molar-refractivity contribution in [3.8, 4) is 5.82 Å². The molecule has 2 aromatic rings. The Morgan fingerprint density at radius 1 is 1.22 bits per heavy atom. The summed E-state index contributed by atoms with van der Waals surface area (Å²) in [6.07, 6.45) is 6.91. The van der Waals surface area contributed by atoms with E-state index < -0.39 is 0 Å². The molecule has 3 heterocycles. The molecule has 1 fully saturated rings. The van der Waals surface area contributed by atoms with E-state index in [9.17, 15) is 4.79 Å². The number of nitrogens with zero attached hydrogens (tertiary/aromatic N) is 6. The van der Waals surface area contributed by atoms with Crippen molar-refractivity contribution in [1.82, 2.24) is 29.5 Å². The molecule has 7 nitrogen and oxygen atoms in total. The number of rotatable bonds is 5. The van der Waals surface area contributed by atoms with E-state index in [4.69, 9.17) is 0 Å². The Balaban J connectivity index is 1.64. The van der Waals surface area contributed by atoms with Crippen LogP contribution in [0.25, 0.3) is 5.82 Å². The van der Waals surface area contributed by atoms with Crippen LogP contribution in [-0.4, -0.2) is 80.2 Å². The maximum atomic E-state index is 12.7. The summed E-state index contributed by atoms with van der Waals surface area (Å²) in [6.45, 7) is 4.52. The van der Waals surface area contributed by atoms with Gasteiger partial charge in [-0.1, -0.05) is 0 Å². The molecule has 2 aromatic heterocycles. The van der Waals surface area contributed by atoms with Crippen molar-refractivity contribution in [3.05, 3.63) is 36.5 Å². The minimum absolute atomic E-state index is 0.0613. The topological polar surface area (TPSA) is 67.2 Å².